The number of carboxylic acids is 1. The molecular formula is C9H18N4O5. The molecule has 0 spiro atoms. The number of nitrogens with zero attached hydrogens (tertiary/aromatic N) is 1. The molecule has 9 nitrogen and oxygen atoms in total. The van der Waals surface area contributed by atoms with Crippen LogP contribution in [-0.2, 0) is 16.0 Å². The van der Waals surface area contributed by atoms with E-state index in [9.17, 15) is 14.7 Å². The highest BCUT2D eigenvalue weighted by atomic mass is 16.4. The molecule has 0 aliphatic carbocycles. The first-order valence-electron chi connectivity index (χ1n) is 4.82. The number of carbonyl (C=O) groups excluding carboxylic acids is 2. The van der Waals surface area contributed by atoms with Crippen molar-refractivity contribution in [2.45, 2.75) is 25.4 Å². The quantitative estimate of drug-likeness (QED) is 0.480. The van der Waals surface area contributed by atoms with Gasteiger partial charge in [0.25, 0.3) is 5.91 Å². The predicted octanol–water partition coefficient (Wildman–Crippen LogP) is -4.83. The molecule has 0 aromatic carbocycles. The van der Waals surface area contributed by atoms with Crippen molar-refractivity contribution in [2.24, 2.45) is 0 Å². The molecule has 0 fully saturated rings. The number of carbonyl (C=O) groups is 2. The number of nitrogens with one attached hydrogen (secondary N) is 2. The van der Waals surface area contributed by atoms with Gasteiger partial charge >= 0.3 is 0 Å². The first-order valence-corrected chi connectivity index (χ1v) is 4.82. The summed E-state index contributed by atoms with van der Waals surface area (Å²) in [6, 6.07) is -1.58. The molecule has 0 unspecified atom stereocenters. The van der Waals surface area contributed by atoms with E-state index in [1.165, 1.54) is 13.3 Å². The van der Waals surface area contributed by atoms with Gasteiger partial charge in [-0.05, 0) is 6.92 Å². The maximum Gasteiger partial charge on any atom is 0.279 e. The van der Waals surface area contributed by atoms with E-state index in [1.54, 1.807) is 6.20 Å². The maximum absolute atomic E-state index is 11.5. The Labute approximate surface area is 103 Å². The number of H-pyrrole nitrogens is 1. The van der Waals surface area contributed by atoms with Crippen LogP contribution in [0.5, 0.6) is 0 Å². The Morgan fingerprint density at radius 2 is 2.17 bits per heavy atom. The standard InChI is InChI=1S/C9H14N4O3.2H2O/c1-5(9(15)16)13-8(14)7(10)2-6-3-11-4-12-6;;/h3-5,7H,2,10H2,1H3,(H,11,12)(H,13,14)(H,15,16);2*1H2/t5-,7-;;/m0../s1. The molecule has 1 aromatic heterocycles. The number of amides is 1. The second-order valence-corrected chi connectivity index (χ2v) is 3.53. The lowest BCUT2D eigenvalue weighted by Crippen LogP contribution is -2.69. The van der Waals surface area contributed by atoms with Crippen LogP contribution in [0.2, 0.25) is 0 Å². The fourth-order valence-corrected chi connectivity index (χ4v) is 1.14. The lowest BCUT2D eigenvalue weighted by molar-refractivity contribution is -0.403. The molecule has 2 atom stereocenters. The Balaban J connectivity index is 0. The summed E-state index contributed by atoms with van der Waals surface area (Å²) in [7, 11) is 0. The highest BCUT2D eigenvalue weighted by Crippen LogP contribution is 1.95. The lowest BCUT2D eigenvalue weighted by Gasteiger charge is -2.16. The number of quaternary nitrogens is 1. The van der Waals surface area contributed by atoms with Crippen LogP contribution in [-0.4, -0.2) is 44.9 Å². The van der Waals surface area contributed by atoms with E-state index in [1.807, 2.05) is 0 Å². The molecule has 18 heavy (non-hydrogen) atoms. The van der Waals surface area contributed by atoms with E-state index in [4.69, 9.17) is 0 Å². The second-order valence-electron chi connectivity index (χ2n) is 3.53. The second kappa shape index (κ2) is 8.17. The molecule has 1 heterocycles. The van der Waals surface area contributed by atoms with Crippen molar-refractivity contribution < 1.29 is 31.4 Å². The number of aromatic amines is 1. The highest BCUT2D eigenvalue weighted by Gasteiger charge is 2.20. The molecule has 1 aromatic rings. The Kier molecular flexibility index (Phi) is 8.35. The zero-order valence-corrected chi connectivity index (χ0v) is 9.90. The van der Waals surface area contributed by atoms with Crippen LogP contribution in [0.3, 0.4) is 0 Å². The van der Waals surface area contributed by atoms with Gasteiger partial charge in [0.2, 0.25) is 0 Å². The molecule has 0 aliphatic rings. The van der Waals surface area contributed by atoms with E-state index in [2.05, 4.69) is 21.0 Å². The third-order valence-corrected chi connectivity index (χ3v) is 2.10. The predicted molar refractivity (Wildman–Crippen MR) is 58.8 cm³/mol. The zero-order chi connectivity index (χ0) is 12.1. The number of carboxylic acid groups (broad SMARTS) is 1. The number of hydrogen-bond acceptors (Lipinski definition) is 4. The monoisotopic (exact) mass is 262 g/mol. The normalized spacial score (nSPS) is 12.6. The van der Waals surface area contributed by atoms with E-state index in [0.29, 0.717) is 6.42 Å². The topological polar surface area (TPSA) is 189 Å². The van der Waals surface area contributed by atoms with Crippen LogP contribution >= 0.6 is 0 Å². The van der Waals surface area contributed by atoms with Crippen molar-refractivity contribution >= 4 is 11.9 Å². The van der Waals surface area contributed by atoms with Crippen LogP contribution in [0, 0.1) is 0 Å². The average Bonchev–Trinajstić information content (AvgIpc) is 2.69. The Morgan fingerprint density at radius 1 is 1.56 bits per heavy atom. The van der Waals surface area contributed by atoms with Gasteiger partial charge in [-0.2, -0.15) is 0 Å². The Morgan fingerprint density at radius 3 is 2.61 bits per heavy atom. The molecule has 0 saturated heterocycles. The molecule has 0 saturated carbocycles. The van der Waals surface area contributed by atoms with E-state index in [-0.39, 0.29) is 11.0 Å². The summed E-state index contributed by atoms with van der Waals surface area (Å²) in [4.78, 5) is 28.5. The van der Waals surface area contributed by atoms with Crippen molar-refractivity contribution in [1.82, 2.24) is 15.3 Å². The number of hydrogen-bond donors (Lipinski definition) is 3. The summed E-state index contributed by atoms with van der Waals surface area (Å²) in [6.07, 6.45) is 3.48. The van der Waals surface area contributed by atoms with Crippen molar-refractivity contribution in [1.29, 1.82) is 0 Å². The SMILES string of the molecule is C[C@H](NC(=O)[C@@H]([NH3+])Cc1cnc[nH]1)C(=O)[O-].O.O. The minimum Gasteiger partial charge on any atom is -0.548 e. The highest BCUT2D eigenvalue weighted by molar-refractivity contribution is 5.85. The molecule has 0 bridgehead atoms. The number of rotatable bonds is 5. The molecular weight excluding hydrogens is 244 g/mol. The first kappa shape index (κ1) is 18.4. The molecule has 1 amide bonds. The van der Waals surface area contributed by atoms with Crippen molar-refractivity contribution in [3.63, 3.8) is 0 Å². The average molecular weight is 262 g/mol. The number of aliphatic carboxylic acids is 1. The molecule has 104 valence electrons. The Hall–Kier alpha value is -1.97. The molecule has 1 rings (SSSR count). The van der Waals surface area contributed by atoms with Gasteiger partial charge in [0.1, 0.15) is 0 Å². The zero-order valence-electron chi connectivity index (χ0n) is 9.90. The van der Waals surface area contributed by atoms with Gasteiger partial charge in [-0.3, -0.25) is 4.79 Å². The summed E-state index contributed by atoms with van der Waals surface area (Å²) in [5.74, 6) is -1.74. The fourth-order valence-electron chi connectivity index (χ4n) is 1.14. The molecule has 9 heteroatoms. The van der Waals surface area contributed by atoms with Crippen LogP contribution < -0.4 is 16.2 Å². The minimum atomic E-state index is -1.32. The van der Waals surface area contributed by atoms with Crippen molar-refractivity contribution in [3.05, 3.63) is 18.2 Å². The van der Waals surface area contributed by atoms with Crippen molar-refractivity contribution in [2.75, 3.05) is 0 Å². The summed E-state index contributed by atoms with van der Waals surface area (Å²) in [6.45, 7) is 1.34. The maximum atomic E-state index is 11.5. The van der Waals surface area contributed by atoms with Crippen LogP contribution in [0.4, 0.5) is 0 Å². The van der Waals surface area contributed by atoms with Crippen LogP contribution in [0.25, 0.3) is 0 Å². The first-order chi connectivity index (χ1) is 7.50. The lowest BCUT2D eigenvalue weighted by atomic mass is 10.1. The van der Waals surface area contributed by atoms with Crippen molar-refractivity contribution in [3.8, 4) is 0 Å². The summed E-state index contributed by atoms with van der Waals surface area (Å²) < 4.78 is 0. The fraction of sp³-hybridized carbons (Fsp3) is 0.444. The van der Waals surface area contributed by atoms with E-state index >= 15 is 0 Å². The van der Waals surface area contributed by atoms with Gasteiger partial charge in [0, 0.05) is 11.9 Å². The third kappa shape index (κ3) is 5.39. The van der Waals surface area contributed by atoms with Gasteiger partial charge in [0.15, 0.2) is 6.04 Å². The number of aromatic nitrogens is 2. The largest absolute Gasteiger partial charge is 0.548 e. The molecule has 0 aliphatic heterocycles. The summed E-state index contributed by atoms with van der Waals surface area (Å²) >= 11 is 0. The van der Waals surface area contributed by atoms with Crippen LogP contribution in [0.1, 0.15) is 12.6 Å². The number of imidazole rings is 1. The van der Waals surface area contributed by atoms with E-state index in [0.717, 1.165) is 5.69 Å². The summed E-state index contributed by atoms with van der Waals surface area (Å²) in [5.41, 5.74) is 4.43. The van der Waals surface area contributed by atoms with Gasteiger partial charge in [0.05, 0.1) is 24.8 Å². The van der Waals surface area contributed by atoms with Gasteiger partial charge < -0.3 is 36.9 Å². The van der Waals surface area contributed by atoms with Crippen LogP contribution in [0.15, 0.2) is 12.5 Å². The van der Waals surface area contributed by atoms with E-state index < -0.39 is 24.0 Å². The smallest absolute Gasteiger partial charge is 0.279 e. The van der Waals surface area contributed by atoms with Gasteiger partial charge in [-0.1, -0.05) is 0 Å². The van der Waals surface area contributed by atoms with Gasteiger partial charge in [-0.15, -0.1) is 0 Å². The molecule has 0 radical (unpaired) electrons. The minimum absolute atomic E-state index is 0. The van der Waals surface area contributed by atoms with Gasteiger partial charge in [-0.25, -0.2) is 4.98 Å². The summed E-state index contributed by atoms with van der Waals surface area (Å²) in [5, 5.41) is 12.7. The molecule has 9 N–H and O–H groups in total. The Bertz CT molecular complexity index is 367. The third-order valence-electron chi connectivity index (χ3n) is 2.10.